The molecule has 9 heteroatoms. The van der Waals surface area contributed by atoms with Crippen LogP contribution in [0.2, 0.25) is 0 Å². The van der Waals surface area contributed by atoms with Gasteiger partial charge in [0.2, 0.25) is 11.8 Å². The molecule has 8 nitrogen and oxygen atoms in total. The van der Waals surface area contributed by atoms with Gasteiger partial charge in [-0.05, 0) is 30.3 Å². The standard InChI is InChI=1S/C20H21N3O5S/c21-18(24)7-8-22-20(26)14-3-1-2-4-15(14)23-19(25)12-29-13-5-6-16-17(11-13)28-10-9-27-16/h1-6,11H,7-10,12H2,(H2,21,24)(H,22,26)(H,23,25). The maximum absolute atomic E-state index is 12.4. The van der Waals surface area contributed by atoms with E-state index in [9.17, 15) is 14.4 Å². The predicted octanol–water partition coefficient (Wildman–Crippen LogP) is 1.79. The molecular weight excluding hydrogens is 394 g/mol. The van der Waals surface area contributed by atoms with Crippen LogP contribution in [-0.2, 0) is 9.59 Å². The minimum absolute atomic E-state index is 0.0481. The Morgan fingerprint density at radius 2 is 1.79 bits per heavy atom. The highest BCUT2D eigenvalue weighted by Gasteiger charge is 2.15. The molecule has 0 bridgehead atoms. The molecule has 1 heterocycles. The summed E-state index contributed by atoms with van der Waals surface area (Å²) >= 11 is 1.35. The van der Waals surface area contributed by atoms with Crippen LogP contribution in [0.4, 0.5) is 5.69 Å². The van der Waals surface area contributed by atoms with Crippen LogP contribution >= 0.6 is 11.8 Å². The Morgan fingerprint density at radius 1 is 1.03 bits per heavy atom. The highest BCUT2D eigenvalue weighted by molar-refractivity contribution is 8.00. The molecule has 0 atom stereocenters. The van der Waals surface area contributed by atoms with Crippen molar-refractivity contribution in [1.82, 2.24) is 5.32 Å². The topological polar surface area (TPSA) is 120 Å². The van der Waals surface area contributed by atoms with Crippen LogP contribution in [0.3, 0.4) is 0 Å². The quantitative estimate of drug-likeness (QED) is 0.566. The van der Waals surface area contributed by atoms with Gasteiger partial charge < -0.3 is 25.8 Å². The fourth-order valence-electron chi connectivity index (χ4n) is 2.63. The molecular formula is C20H21N3O5S. The van der Waals surface area contributed by atoms with E-state index in [4.69, 9.17) is 15.2 Å². The summed E-state index contributed by atoms with van der Waals surface area (Å²) in [5, 5.41) is 5.36. The van der Waals surface area contributed by atoms with E-state index >= 15 is 0 Å². The Bertz CT molecular complexity index is 919. The lowest BCUT2D eigenvalue weighted by molar-refractivity contribution is -0.118. The van der Waals surface area contributed by atoms with Crippen molar-refractivity contribution >= 4 is 35.2 Å². The summed E-state index contributed by atoms with van der Waals surface area (Å²) in [6.07, 6.45) is 0.0481. The molecule has 4 N–H and O–H groups in total. The van der Waals surface area contributed by atoms with Crippen LogP contribution in [0.25, 0.3) is 0 Å². The van der Waals surface area contributed by atoms with Gasteiger partial charge in [-0.2, -0.15) is 0 Å². The zero-order valence-electron chi connectivity index (χ0n) is 15.6. The van der Waals surface area contributed by atoms with Gasteiger partial charge in [0, 0.05) is 17.9 Å². The lowest BCUT2D eigenvalue weighted by Crippen LogP contribution is -2.29. The van der Waals surface area contributed by atoms with Crippen molar-refractivity contribution < 1.29 is 23.9 Å². The van der Waals surface area contributed by atoms with Crippen molar-refractivity contribution in [2.24, 2.45) is 5.73 Å². The van der Waals surface area contributed by atoms with Crippen LogP contribution < -0.4 is 25.8 Å². The van der Waals surface area contributed by atoms with E-state index in [1.807, 2.05) is 18.2 Å². The van der Waals surface area contributed by atoms with Gasteiger partial charge in [0.25, 0.3) is 5.91 Å². The average Bonchev–Trinajstić information content (AvgIpc) is 2.72. The van der Waals surface area contributed by atoms with Gasteiger partial charge in [0.05, 0.1) is 17.0 Å². The second-order valence-corrected chi connectivity index (χ2v) is 7.21. The maximum Gasteiger partial charge on any atom is 0.253 e. The van der Waals surface area contributed by atoms with E-state index in [0.717, 1.165) is 4.90 Å². The van der Waals surface area contributed by atoms with Crippen molar-refractivity contribution in [3.63, 3.8) is 0 Å². The molecule has 1 aliphatic rings. The van der Waals surface area contributed by atoms with Crippen LogP contribution in [-0.4, -0.2) is 43.2 Å². The highest BCUT2D eigenvalue weighted by atomic mass is 32.2. The molecule has 3 rings (SSSR count). The van der Waals surface area contributed by atoms with Gasteiger partial charge in [-0.25, -0.2) is 0 Å². The largest absolute Gasteiger partial charge is 0.486 e. The maximum atomic E-state index is 12.4. The van der Waals surface area contributed by atoms with Gasteiger partial charge >= 0.3 is 0 Å². The van der Waals surface area contributed by atoms with Gasteiger partial charge in [0.15, 0.2) is 11.5 Å². The van der Waals surface area contributed by atoms with Gasteiger partial charge in [-0.1, -0.05) is 12.1 Å². The zero-order valence-corrected chi connectivity index (χ0v) is 16.4. The Kier molecular flexibility index (Phi) is 6.96. The van der Waals surface area contributed by atoms with Crippen LogP contribution in [0.1, 0.15) is 16.8 Å². The van der Waals surface area contributed by atoms with E-state index in [1.54, 1.807) is 24.3 Å². The normalized spacial score (nSPS) is 12.1. The van der Waals surface area contributed by atoms with Crippen molar-refractivity contribution in [3.05, 3.63) is 48.0 Å². The minimum atomic E-state index is -0.497. The molecule has 29 heavy (non-hydrogen) atoms. The minimum Gasteiger partial charge on any atom is -0.486 e. The van der Waals surface area contributed by atoms with E-state index in [0.29, 0.717) is 36.0 Å². The summed E-state index contributed by atoms with van der Waals surface area (Å²) in [5.41, 5.74) is 5.78. The number of hydrogen-bond donors (Lipinski definition) is 3. The van der Waals surface area contributed by atoms with Crippen molar-refractivity contribution in [1.29, 1.82) is 0 Å². The monoisotopic (exact) mass is 415 g/mol. The summed E-state index contributed by atoms with van der Waals surface area (Å²) in [6, 6.07) is 12.2. The number of thioether (sulfide) groups is 1. The zero-order chi connectivity index (χ0) is 20.6. The number of carbonyl (C=O) groups is 3. The van der Waals surface area contributed by atoms with E-state index in [-0.39, 0.29) is 30.5 Å². The summed E-state index contributed by atoms with van der Waals surface area (Å²) < 4.78 is 11.0. The highest BCUT2D eigenvalue weighted by Crippen LogP contribution is 2.34. The first kappa shape index (κ1) is 20.5. The predicted molar refractivity (Wildman–Crippen MR) is 109 cm³/mol. The fraction of sp³-hybridized carbons (Fsp3) is 0.250. The van der Waals surface area contributed by atoms with Gasteiger partial charge in [-0.15, -0.1) is 11.8 Å². The molecule has 1 aliphatic heterocycles. The summed E-state index contributed by atoms with van der Waals surface area (Å²) in [6.45, 7) is 1.16. The number of ether oxygens (including phenoxy) is 2. The van der Waals surface area contributed by atoms with Gasteiger partial charge in [-0.3, -0.25) is 14.4 Å². The molecule has 152 valence electrons. The number of primary amides is 1. The molecule has 0 saturated carbocycles. The number of nitrogens with two attached hydrogens (primary N) is 1. The number of carbonyl (C=O) groups excluding carboxylic acids is 3. The third-order valence-electron chi connectivity index (χ3n) is 3.99. The number of para-hydroxylation sites is 1. The Balaban J connectivity index is 1.56. The summed E-state index contributed by atoms with van der Waals surface area (Å²) in [4.78, 5) is 36.3. The second-order valence-electron chi connectivity index (χ2n) is 6.16. The van der Waals surface area contributed by atoms with Crippen LogP contribution in [0, 0.1) is 0 Å². The third kappa shape index (κ3) is 5.89. The SMILES string of the molecule is NC(=O)CCNC(=O)c1ccccc1NC(=O)CSc1ccc2c(c1)OCCO2. The molecule has 0 saturated heterocycles. The number of nitrogens with one attached hydrogen (secondary N) is 2. The van der Waals surface area contributed by atoms with Crippen LogP contribution in [0.15, 0.2) is 47.4 Å². The molecule has 0 aromatic heterocycles. The van der Waals surface area contributed by atoms with Crippen molar-refractivity contribution in [2.75, 3.05) is 30.8 Å². The number of anilines is 1. The number of benzene rings is 2. The first-order chi connectivity index (χ1) is 14.0. The molecule has 0 unspecified atom stereocenters. The second kappa shape index (κ2) is 9.83. The first-order valence-electron chi connectivity index (χ1n) is 9.01. The average molecular weight is 415 g/mol. The molecule has 2 aromatic carbocycles. The molecule has 2 aromatic rings. The summed E-state index contributed by atoms with van der Waals surface area (Å²) in [7, 11) is 0. The number of fused-ring (bicyclic) bond motifs is 1. The first-order valence-corrected chi connectivity index (χ1v) is 9.99. The Hall–Kier alpha value is -3.20. The molecule has 0 aliphatic carbocycles. The lowest BCUT2D eigenvalue weighted by atomic mass is 10.1. The molecule has 0 fully saturated rings. The fourth-order valence-corrected chi connectivity index (χ4v) is 3.36. The van der Waals surface area contributed by atoms with Crippen molar-refractivity contribution in [2.45, 2.75) is 11.3 Å². The van der Waals surface area contributed by atoms with Crippen molar-refractivity contribution in [3.8, 4) is 11.5 Å². The van der Waals surface area contributed by atoms with E-state index in [2.05, 4.69) is 10.6 Å². The number of hydrogen-bond acceptors (Lipinski definition) is 6. The van der Waals surface area contributed by atoms with E-state index < -0.39 is 5.91 Å². The lowest BCUT2D eigenvalue weighted by Gasteiger charge is -2.18. The van der Waals surface area contributed by atoms with Gasteiger partial charge in [0.1, 0.15) is 13.2 Å². The molecule has 0 spiro atoms. The number of amides is 3. The van der Waals surface area contributed by atoms with Crippen LogP contribution in [0.5, 0.6) is 11.5 Å². The Labute approximate surface area is 172 Å². The number of rotatable bonds is 8. The third-order valence-corrected chi connectivity index (χ3v) is 4.98. The smallest absolute Gasteiger partial charge is 0.253 e. The Morgan fingerprint density at radius 3 is 2.59 bits per heavy atom. The summed E-state index contributed by atoms with van der Waals surface area (Å²) in [5.74, 6) is 0.394. The molecule has 3 amide bonds. The van der Waals surface area contributed by atoms with E-state index in [1.165, 1.54) is 11.8 Å². The molecule has 0 radical (unpaired) electrons.